The minimum Gasteiger partial charge on any atom is -0.476 e. The van der Waals surface area contributed by atoms with Crippen LogP contribution in [0.15, 0.2) is 42.6 Å². The van der Waals surface area contributed by atoms with Gasteiger partial charge in [-0.15, -0.1) is 5.10 Å². The van der Waals surface area contributed by atoms with Gasteiger partial charge in [0.2, 0.25) is 11.8 Å². The summed E-state index contributed by atoms with van der Waals surface area (Å²) < 4.78 is 5.75. The molecule has 0 spiro atoms. The third-order valence-corrected chi connectivity index (χ3v) is 5.09. The van der Waals surface area contributed by atoms with E-state index in [4.69, 9.17) is 4.74 Å². The lowest BCUT2D eigenvalue weighted by Gasteiger charge is -2.14. The summed E-state index contributed by atoms with van der Waals surface area (Å²) in [5, 5.41) is 16.3. The van der Waals surface area contributed by atoms with E-state index in [0.29, 0.717) is 30.2 Å². The van der Waals surface area contributed by atoms with Crippen molar-refractivity contribution < 1.29 is 14.3 Å². The first-order valence-electron chi connectivity index (χ1n) is 9.97. The SMILES string of the molecule is CC(NC(=O)Nc1cc2[nH]nc(OCCC3CCC(=O)N3)c2cn1)c1ccccc1. The molecule has 2 unspecified atom stereocenters. The van der Waals surface area contributed by atoms with Crippen molar-refractivity contribution >= 4 is 28.7 Å². The average molecular weight is 408 g/mol. The molecule has 1 aliphatic rings. The lowest BCUT2D eigenvalue weighted by molar-refractivity contribution is -0.119. The topological polar surface area (TPSA) is 121 Å². The monoisotopic (exact) mass is 408 g/mol. The highest BCUT2D eigenvalue weighted by Crippen LogP contribution is 2.24. The lowest BCUT2D eigenvalue weighted by Crippen LogP contribution is -2.31. The van der Waals surface area contributed by atoms with E-state index < -0.39 is 0 Å². The Morgan fingerprint density at radius 1 is 1.33 bits per heavy atom. The Bertz CT molecular complexity index is 1040. The quantitative estimate of drug-likeness (QED) is 0.479. The third-order valence-electron chi connectivity index (χ3n) is 5.09. The van der Waals surface area contributed by atoms with E-state index in [1.54, 1.807) is 12.3 Å². The first-order chi connectivity index (χ1) is 14.6. The number of hydrogen-bond donors (Lipinski definition) is 4. The zero-order valence-corrected chi connectivity index (χ0v) is 16.6. The fourth-order valence-electron chi connectivity index (χ4n) is 3.43. The van der Waals surface area contributed by atoms with Gasteiger partial charge in [0.15, 0.2) is 0 Å². The molecule has 1 aliphatic heterocycles. The molecule has 3 amide bonds. The van der Waals surface area contributed by atoms with Crippen LogP contribution in [0.1, 0.15) is 37.8 Å². The Labute approximate surface area is 173 Å². The van der Waals surface area contributed by atoms with Crippen LogP contribution in [0, 0.1) is 0 Å². The summed E-state index contributed by atoms with van der Waals surface area (Å²) in [5.74, 6) is 0.955. The van der Waals surface area contributed by atoms with Gasteiger partial charge in [-0.25, -0.2) is 9.78 Å². The highest BCUT2D eigenvalue weighted by atomic mass is 16.5. The molecule has 4 rings (SSSR count). The number of rotatable bonds is 7. The van der Waals surface area contributed by atoms with Crippen molar-refractivity contribution in [3.8, 4) is 5.88 Å². The van der Waals surface area contributed by atoms with E-state index >= 15 is 0 Å². The molecule has 2 aromatic heterocycles. The molecule has 9 nitrogen and oxygen atoms in total. The molecule has 0 saturated carbocycles. The normalized spacial score (nSPS) is 16.8. The van der Waals surface area contributed by atoms with E-state index in [0.717, 1.165) is 23.8 Å². The van der Waals surface area contributed by atoms with Crippen LogP contribution in [0.25, 0.3) is 10.9 Å². The molecule has 9 heteroatoms. The molecule has 0 radical (unpaired) electrons. The molecule has 2 atom stereocenters. The number of aromatic amines is 1. The van der Waals surface area contributed by atoms with Crippen molar-refractivity contribution in [2.45, 2.75) is 38.3 Å². The fraction of sp³-hybridized carbons (Fsp3) is 0.333. The number of benzene rings is 1. The van der Waals surface area contributed by atoms with Gasteiger partial charge in [-0.2, -0.15) is 0 Å². The number of H-pyrrole nitrogens is 1. The Hall–Kier alpha value is -3.62. The van der Waals surface area contributed by atoms with E-state index in [1.165, 1.54) is 0 Å². The standard InChI is InChI=1S/C21H24N6O3/c1-13(14-5-3-2-4-6-14)23-21(29)25-18-11-17-16(12-22-18)20(27-26-17)30-10-9-15-7-8-19(28)24-15/h2-6,11-13,15H,7-10H2,1H3,(H,24,28)(H,26,27)(H2,22,23,25,29). The van der Waals surface area contributed by atoms with Crippen LogP contribution in [-0.2, 0) is 4.79 Å². The summed E-state index contributed by atoms with van der Waals surface area (Å²) >= 11 is 0. The predicted molar refractivity (Wildman–Crippen MR) is 112 cm³/mol. The Morgan fingerprint density at radius 2 is 2.17 bits per heavy atom. The highest BCUT2D eigenvalue weighted by Gasteiger charge is 2.20. The Kier molecular flexibility index (Phi) is 5.78. The summed E-state index contributed by atoms with van der Waals surface area (Å²) in [5.41, 5.74) is 1.73. The van der Waals surface area contributed by atoms with Crippen LogP contribution in [0.5, 0.6) is 5.88 Å². The number of nitrogens with one attached hydrogen (secondary N) is 4. The molecule has 0 aliphatic carbocycles. The Morgan fingerprint density at radius 3 is 2.93 bits per heavy atom. The average Bonchev–Trinajstić information content (AvgIpc) is 3.34. The molecule has 1 aromatic carbocycles. The number of carbonyl (C=O) groups is 2. The molecular formula is C21H24N6O3. The number of carbonyl (C=O) groups excluding carboxylic acids is 2. The smallest absolute Gasteiger partial charge is 0.320 e. The van der Waals surface area contributed by atoms with Crippen molar-refractivity contribution in [3.63, 3.8) is 0 Å². The van der Waals surface area contributed by atoms with Crippen LogP contribution >= 0.6 is 0 Å². The molecule has 4 N–H and O–H groups in total. The third kappa shape index (κ3) is 4.68. The minimum absolute atomic E-state index is 0.0941. The van der Waals surface area contributed by atoms with E-state index in [9.17, 15) is 9.59 Å². The second-order valence-electron chi connectivity index (χ2n) is 7.31. The van der Waals surface area contributed by atoms with Crippen molar-refractivity contribution in [2.75, 3.05) is 11.9 Å². The number of hydrogen-bond acceptors (Lipinski definition) is 5. The second kappa shape index (κ2) is 8.81. The summed E-state index contributed by atoms with van der Waals surface area (Å²) in [4.78, 5) is 27.8. The van der Waals surface area contributed by atoms with Gasteiger partial charge in [-0.1, -0.05) is 30.3 Å². The van der Waals surface area contributed by atoms with Crippen LogP contribution in [0.4, 0.5) is 10.6 Å². The number of anilines is 1. The highest BCUT2D eigenvalue weighted by molar-refractivity contribution is 5.92. The second-order valence-corrected chi connectivity index (χ2v) is 7.31. The predicted octanol–water partition coefficient (Wildman–Crippen LogP) is 2.89. The van der Waals surface area contributed by atoms with Crippen LogP contribution in [-0.4, -0.2) is 39.8 Å². The largest absolute Gasteiger partial charge is 0.476 e. The molecule has 1 fully saturated rings. The number of fused-ring (bicyclic) bond motifs is 1. The number of aromatic nitrogens is 3. The molecule has 30 heavy (non-hydrogen) atoms. The van der Waals surface area contributed by atoms with E-state index in [1.807, 2.05) is 37.3 Å². The van der Waals surface area contributed by atoms with E-state index in [2.05, 4.69) is 31.1 Å². The van der Waals surface area contributed by atoms with Gasteiger partial charge in [-0.05, 0) is 18.9 Å². The molecule has 1 saturated heterocycles. The zero-order valence-electron chi connectivity index (χ0n) is 16.6. The van der Waals surface area contributed by atoms with Crippen LogP contribution in [0.3, 0.4) is 0 Å². The van der Waals surface area contributed by atoms with Crippen molar-refractivity contribution in [1.29, 1.82) is 0 Å². The molecule has 0 bridgehead atoms. The molecule has 156 valence electrons. The fourth-order valence-corrected chi connectivity index (χ4v) is 3.43. The van der Waals surface area contributed by atoms with Crippen LogP contribution < -0.4 is 20.7 Å². The molecular weight excluding hydrogens is 384 g/mol. The molecule has 3 heterocycles. The van der Waals surface area contributed by atoms with Crippen molar-refractivity contribution in [1.82, 2.24) is 25.8 Å². The first kappa shape index (κ1) is 19.7. The first-order valence-corrected chi connectivity index (χ1v) is 9.97. The Balaban J connectivity index is 1.32. The van der Waals surface area contributed by atoms with E-state index in [-0.39, 0.29) is 24.0 Å². The van der Waals surface area contributed by atoms with Crippen molar-refractivity contribution in [3.05, 3.63) is 48.2 Å². The number of pyridine rings is 1. The lowest BCUT2D eigenvalue weighted by atomic mass is 10.1. The van der Waals surface area contributed by atoms with Crippen LogP contribution in [0.2, 0.25) is 0 Å². The summed E-state index contributed by atoms with van der Waals surface area (Å²) in [6.45, 7) is 2.37. The van der Waals surface area contributed by atoms with Gasteiger partial charge in [0.1, 0.15) is 5.82 Å². The maximum atomic E-state index is 12.3. The number of urea groups is 1. The maximum Gasteiger partial charge on any atom is 0.320 e. The summed E-state index contributed by atoms with van der Waals surface area (Å²) in [6.07, 6.45) is 3.76. The number of amides is 3. The van der Waals surface area contributed by atoms with Gasteiger partial charge < -0.3 is 15.4 Å². The number of ether oxygens (including phenoxy) is 1. The van der Waals surface area contributed by atoms with Gasteiger partial charge in [0.05, 0.1) is 23.6 Å². The number of nitrogens with zero attached hydrogens (tertiary/aromatic N) is 2. The van der Waals surface area contributed by atoms with Gasteiger partial charge in [-0.3, -0.25) is 15.2 Å². The maximum absolute atomic E-state index is 12.3. The van der Waals surface area contributed by atoms with Gasteiger partial charge in [0, 0.05) is 31.1 Å². The minimum atomic E-state index is -0.340. The summed E-state index contributed by atoms with van der Waals surface area (Å²) in [7, 11) is 0. The van der Waals surface area contributed by atoms with Gasteiger partial charge in [0.25, 0.3) is 0 Å². The molecule has 3 aromatic rings. The summed E-state index contributed by atoms with van der Waals surface area (Å²) in [6, 6.07) is 11.1. The van der Waals surface area contributed by atoms with Gasteiger partial charge >= 0.3 is 6.03 Å². The zero-order chi connectivity index (χ0) is 20.9. The van der Waals surface area contributed by atoms with Crippen molar-refractivity contribution in [2.24, 2.45) is 0 Å².